The molecule has 0 bridgehead atoms. The fourth-order valence-electron chi connectivity index (χ4n) is 2.00. The van der Waals surface area contributed by atoms with Crippen molar-refractivity contribution in [3.8, 4) is 0 Å². The molecule has 0 aliphatic carbocycles. The van der Waals surface area contributed by atoms with Gasteiger partial charge in [0, 0.05) is 30.9 Å². The Balaban J connectivity index is 0.000000771. The van der Waals surface area contributed by atoms with Gasteiger partial charge in [-0.3, -0.25) is 4.98 Å². The van der Waals surface area contributed by atoms with Gasteiger partial charge in [0.1, 0.15) is 0 Å². The summed E-state index contributed by atoms with van der Waals surface area (Å²) in [6, 6.07) is 8.63. The van der Waals surface area contributed by atoms with Crippen LogP contribution in [0.15, 0.2) is 24.3 Å². The highest BCUT2D eigenvalue weighted by molar-refractivity contribution is 5.86. The third kappa shape index (κ3) is 3.00. The van der Waals surface area contributed by atoms with Crippen LogP contribution in [0, 0.1) is 6.92 Å². The van der Waals surface area contributed by atoms with E-state index in [-0.39, 0.29) is 0 Å². The summed E-state index contributed by atoms with van der Waals surface area (Å²) in [6.45, 7) is 8.25. The highest BCUT2D eigenvalue weighted by atomic mass is 15.1. The van der Waals surface area contributed by atoms with Crippen molar-refractivity contribution in [2.45, 2.75) is 34.1 Å². The minimum atomic E-state index is 1.05. The van der Waals surface area contributed by atoms with Gasteiger partial charge in [0.2, 0.25) is 0 Å². The lowest BCUT2D eigenvalue weighted by atomic mass is 10.0. The minimum Gasteiger partial charge on any atom is -0.378 e. The van der Waals surface area contributed by atoms with Crippen molar-refractivity contribution in [1.29, 1.82) is 0 Å². The van der Waals surface area contributed by atoms with E-state index in [0.717, 1.165) is 17.6 Å². The van der Waals surface area contributed by atoms with Crippen molar-refractivity contribution < 1.29 is 0 Å². The number of hydrogen-bond donors (Lipinski definition) is 0. The smallest absolute Gasteiger partial charge is 0.0709 e. The van der Waals surface area contributed by atoms with Gasteiger partial charge >= 0.3 is 0 Å². The van der Waals surface area contributed by atoms with Gasteiger partial charge in [0.15, 0.2) is 0 Å². The molecule has 0 spiro atoms. The first-order valence-electron chi connectivity index (χ1n) is 6.69. The first kappa shape index (κ1) is 14.5. The summed E-state index contributed by atoms with van der Waals surface area (Å²) < 4.78 is 0. The minimum absolute atomic E-state index is 1.05. The van der Waals surface area contributed by atoms with E-state index in [1.807, 2.05) is 13.8 Å². The third-order valence-electron chi connectivity index (χ3n) is 2.90. The lowest BCUT2D eigenvalue weighted by Crippen LogP contribution is -2.08. The molecule has 2 aromatic rings. The number of benzene rings is 1. The van der Waals surface area contributed by atoms with Crippen LogP contribution in [0.25, 0.3) is 10.9 Å². The molecule has 0 unspecified atom stereocenters. The molecule has 1 aromatic carbocycles. The summed E-state index contributed by atoms with van der Waals surface area (Å²) in [5.41, 5.74) is 4.81. The topological polar surface area (TPSA) is 16.1 Å². The second kappa shape index (κ2) is 6.39. The Labute approximate surface area is 111 Å². The van der Waals surface area contributed by atoms with Crippen LogP contribution < -0.4 is 4.90 Å². The number of hydrogen-bond acceptors (Lipinski definition) is 2. The van der Waals surface area contributed by atoms with Crippen LogP contribution >= 0.6 is 0 Å². The number of fused-ring (bicyclic) bond motifs is 1. The van der Waals surface area contributed by atoms with Gasteiger partial charge in [0.25, 0.3) is 0 Å². The molecule has 0 aliphatic heterocycles. The van der Waals surface area contributed by atoms with Crippen LogP contribution in [-0.4, -0.2) is 19.1 Å². The van der Waals surface area contributed by atoms with Gasteiger partial charge in [-0.25, -0.2) is 0 Å². The third-order valence-corrected chi connectivity index (χ3v) is 2.90. The number of rotatable bonds is 2. The second-order valence-corrected chi connectivity index (χ2v) is 4.37. The molecule has 2 heteroatoms. The Kier molecular flexibility index (Phi) is 5.14. The molecular formula is C16H24N2. The van der Waals surface area contributed by atoms with Gasteiger partial charge in [0.05, 0.1) is 5.52 Å². The second-order valence-electron chi connectivity index (χ2n) is 4.37. The molecule has 0 fully saturated rings. The van der Waals surface area contributed by atoms with Gasteiger partial charge < -0.3 is 4.90 Å². The Bertz CT molecular complexity index is 516. The van der Waals surface area contributed by atoms with E-state index in [9.17, 15) is 0 Å². The van der Waals surface area contributed by atoms with Gasteiger partial charge in [-0.1, -0.05) is 20.8 Å². The standard InChI is InChI=1S/C14H18N2.C2H6/c1-5-11-8-10(2)15-14-7-6-12(16(3)4)9-13(11)14;1-2/h6-9H,5H2,1-4H3;1-2H3. The quantitative estimate of drug-likeness (QED) is 0.787. The molecule has 0 radical (unpaired) electrons. The maximum Gasteiger partial charge on any atom is 0.0709 e. The van der Waals surface area contributed by atoms with Crippen molar-refractivity contribution in [2.24, 2.45) is 0 Å². The Hall–Kier alpha value is -1.57. The SMILES string of the molecule is CC.CCc1cc(C)nc2ccc(N(C)C)cc12. The first-order chi connectivity index (χ1) is 8.61. The summed E-state index contributed by atoms with van der Waals surface area (Å²) in [4.78, 5) is 6.69. The number of pyridine rings is 1. The van der Waals surface area contributed by atoms with Crippen LogP contribution in [0.3, 0.4) is 0 Å². The predicted molar refractivity (Wildman–Crippen MR) is 81.5 cm³/mol. The molecule has 98 valence electrons. The molecule has 0 N–H and O–H groups in total. The van der Waals surface area contributed by atoms with E-state index in [4.69, 9.17) is 0 Å². The van der Waals surface area contributed by atoms with Crippen LogP contribution in [0.5, 0.6) is 0 Å². The Morgan fingerprint density at radius 3 is 2.33 bits per heavy atom. The average Bonchev–Trinajstić information content (AvgIpc) is 2.39. The molecule has 0 saturated heterocycles. The summed E-state index contributed by atoms with van der Waals surface area (Å²) in [5.74, 6) is 0. The van der Waals surface area contributed by atoms with Gasteiger partial charge in [-0.2, -0.15) is 0 Å². The van der Waals surface area contributed by atoms with Crippen molar-refractivity contribution in [3.05, 3.63) is 35.5 Å². The van der Waals surface area contributed by atoms with Crippen LogP contribution in [-0.2, 0) is 6.42 Å². The lowest BCUT2D eigenvalue weighted by molar-refractivity contribution is 1.11. The van der Waals surface area contributed by atoms with Crippen molar-refractivity contribution >= 4 is 16.6 Å². The zero-order chi connectivity index (χ0) is 13.7. The zero-order valence-electron chi connectivity index (χ0n) is 12.4. The first-order valence-corrected chi connectivity index (χ1v) is 6.69. The van der Waals surface area contributed by atoms with Crippen molar-refractivity contribution in [1.82, 2.24) is 4.98 Å². The highest BCUT2D eigenvalue weighted by Crippen LogP contribution is 2.23. The molecule has 0 aliphatic rings. The number of aromatic nitrogens is 1. The number of nitrogens with zero attached hydrogens (tertiary/aromatic N) is 2. The molecule has 2 rings (SSSR count). The zero-order valence-corrected chi connectivity index (χ0v) is 12.4. The summed E-state index contributed by atoms with van der Waals surface area (Å²) >= 11 is 0. The normalized spacial score (nSPS) is 9.89. The number of aryl methyl sites for hydroxylation is 2. The van der Waals surface area contributed by atoms with Gasteiger partial charge in [-0.05, 0) is 43.2 Å². The van der Waals surface area contributed by atoms with Crippen LogP contribution in [0.4, 0.5) is 5.69 Å². The van der Waals surface area contributed by atoms with E-state index in [0.29, 0.717) is 0 Å². The molecular weight excluding hydrogens is 220 g/mol. The van der Waals surface area contributed by atoms with Crippen molar-refractivity contribution in [3.63, 3.8) is 0 Å². The number of anilines is 1. The Morgan fingerprint density at radius 1 is 1.11 bits per heavy atom. The summed E-state index contributed by atoms with van der Waals surface area (Å²) in [5, 5.41) is 1.28. The van der Waals surface area contributed by atoms with E-state index < -0.39 is 0 Å². The molecule has 2 nitrogen and oxygen atoms in total. The largest absolute Gasteiger partial charge is 0.378 e. The van der Waals surface area contributed by atoms with E-state index >= 15 is 0 Å². The Morgan fingerprint density at radius 2 is 1.78 bits per heavy atom. The molecule has 0 saturated carbocycles. The molecule has 1 aromatic heterocycles. The maximum absolute atomic E-state index is 4.57. The molecule has 0 amide bonds. The van der Waals surface area contributed by atoms with Crippen LogP contribution in [0.2, 0.25) is 0 Å². The van der Waals surface area contributed by atoms with Gasteiger partial charge in [-0.15, -0.1) is 0 Å². The fourth-order valence-corrected chi connectivity index (χ4v) is 2.00. The predicted octanol–water partition coefficient (Wildman–Crippen LogP) is 4.20. The molecule has 1 heterocycles. The fraction of sp³-hybridized carbons (Fsp3) is 0.438. The molecule has 0 atom stereocenters. The van der Waals surface area contributed by atoms with E-state index in [2.05, 4.69) is 62.1 Å². The molecule has 18 heavy (non-hydrogen) atoms. The summed E-state index contributed by atoms with van der Waals surface area (Å²) in [6.07, 6.45) is 1.05. The monoisotopic (exact) mass is 244 g/mol. The highest BCUT2D eigenvalue weighted by Gasteiger charge is 2.04. The lowest BCUT2D eigenvalue weighted by Gasteiger charge is -2.14. The van der Waals surface area contributed by atoms with E-state index in [1.165, 1.54) is 16.6 Å². The van der Waals surface area contributed by atoms with E-state index in [1.54, 1.807) is 0 Å². The average molecular weight is 244 g/mol. The summed E-state index contributed by atoms with van der Waals surface area (Å²) in [7, 11) is 4.13. The van der Waals surface area contributed by atoms with Crippen molar-refractivity contribution in [2.75, 3.05) is 19.0 Å². The van der Waals surface area contributed by atoms with Crippen LogP contribution in [0.1, 0.15) is 32.0 Å². The maximum atomic E-state index is 4.57.